The van der Waals surface area contributed by atoms with Crippen molar-refractivity contribution in [2.24, 2.45) is 15.2 Å². The number of nitrogens with zero attached hydrogens (tertiary/aromatic N) is 4. The maximum Gasteiger partial charge on any atom is 0.229 e. The normalized spacial score (nSPS) is 10.9. The molecule has 0 fully saturated rings. The van der Waals surface area contributed by atoms with E-state index < -0.39 is 0 Å². The van der Waals surface area contributed by atoms with Gasteiger partial charge in [0.05, 0.1) is 11.4 Å². The Morgan fingerprint density at radius 1 is 1.12 bits per heavy atom. The zero-order valence-electron chi connectivity index (χ0n) is 9.71. The van der Waals surface area contributed by atoms with E-state index in [-0.39, 0.29) is 0 Å². The Bertz CT molecular complexity index is 558. The Morgan fingerprint density at radius 3 is 2.47 bits per heavy atom. The fourth-order valence-electron chi connectivity index (χ4n) is 1.43. The van der Waals surface area contributed by atoms with Crippen LogP contribution < -0.4 is 0 Å². The van der Waals surface area contributed by atoms with E-state index in [1.807, 2.05) is 31.4 Å². The third-order valence-electron chi connectivity index (χ3n) is 2.35. The molecule has 0 N–H and O–H groups in total. The highest BCUT2D eigenvalue weighted by molar-refractivity contribution is 7.13. The molecule has 0 atom stereocenters. The molecule has 0 amide bonds. The number of thiazole rings is 1. The summed E-state index contributed by atoms with van der Waals surface area (Å²) in [5, 5.41) is 10.8. The molecule has 1 aromatic heterocycles. The Balaban J connectivity index is 2.33. The molecule has 0 saturated heterocycles. The van der Waals surface area contributed by atoms with Crippen molar-refractivity contribution in [3.8, 4) is 0 Å². The van der Waals surface area contributed by atoms with Crippen LogP contribution in [0.4, 0.5) is 16.5 Å². The standard InChI is InChI=1S/C12H12N4S/c1-8-7-11(9(2)6-10(8)13-3)15-16-12-14-4-5-17-12/h4-7H,3H2,1-2H3. The Hall–Kier alpha value is -1.88. The predicted molar refractivity (Wildman–Crippen MR) is 71.4 cm³/mol. The smallest absolute Gasteiger partial charge is 0.229 e. The summed E-state index contributed by atoms with van der Waals surface area (Å²) >= 11 is 1.46. The SMILES string of the molecule is C=Nc1cc(C)c(N=Nc2nccs2)cc1C. The number of aliphatic imine (C=N–C) groups is 1. The Labute approximate surface area is 104 Å². The molecule has 0 saturated carbocycles. The lowest BCUT2D eigenvalue weighted by molar-refractivity contribution is 1.17. The van der Waals surface area contributed by atoms with Gasteiger partial charge >= 0.3 is 0 Å². The molecule has 17 heavy (non-hydrogen) atoms. The molecule has 0 bridgehead atoms. The van der Waals surface area contributed by atoms with Gasteiger partial charge in [0, 0.05) is 11.6 Å². The third-order valence-corrected chi connectivity index (χ3v) is 3.00. The fraction of sp³-hybridized carbons (Fsp3) is 0.167. The van der Waals surface area contributed by atoms with Gasteiger partial charge < -0.3 is 0 Å². The van der Waals surface area contributed by atoms with E-state index in [0.717, 1.165) is 22.5 Å². The highest BCUT2D eigenvalue weighted by Gasteiger charge is 2.02. The zero-order chi connectivity index (χ0) is 12.3. The van der Waals surface area contributed by atoms with Crippen LogP contribution in [0, 0.1) is 13.8 Å². The van der Waals surface area contributed by atoms with Crippen LogP contribution in [0.1, 0.15) is 11.1 Å². The Morgan fingerprint density at radius 2 is 1.82 bits per heavy atom. The number of aryl methyl sites for hydroxylation is 2. The van der Waals surface area contributed by atoms with Crippen molar-refractivity contribution in [3.63, 3.8) is 0 Å². The van der Waals surface area contributed by atoms with Gasteiger partial charge in [0.25, 0.3) is 0 Å². The molecule has 4 nitrogen and oxygen atoms in total. The van der Waals surface area contributed by atoms with E-state index in [9.17, 15) is 0 Å². The Kier molecular flexibility index (Phi) is 3.39. The average molecular weight is 244 g/mol. The van der Waals surface area contributed by atoms with Crippen LogP contribution in [0.2, 0.25) is 0 Å². The van der Waals surface area contributed by atoms with Crippen LogP contribution in [0.25, 0.3) is 0 Å². The summed E-state index contributed by atoms with van der Waals surface area (Å²) in [6.07, 6.45) is 1.71. The number of hydrogen-bond acceptors (Lipinski definition) is 5. The van der Waals surface area contributed by atoms with Crippen molar-refractivity contribution in [1.82, 2.24) is 4.98 Å². The van der Waals surface area contributed by atoms with Crippen molar-refractivity contribution in [2.45, 2.75) is 13.8 Å². The second kappa shape index (κ2) is 4.97. The second-order valence-electron chi connectivity index (χ2n) is 3.60. The highest BCUT2D eigenvalue weighted by atomic mass is 32.1. The summed E-state index contributed by atoms with van der Waals surface area (Å²) in [7, 11) is 0. The molecule has 1 heterocycles. The number of azo groups is 1. The predicted octanol–water partition coefficient (Wildman–Crippen LogP) is 4.51. The van der Waals surface area contributed by atoms with E-state index in [2.05, 4.69) is 26.9 Å². The molecule has 0 unspecified atom stereocenters. The van der Waals surface area contributed by atoms with Gasteiger partial charge in [-0.15, -0.1) is 21.6 Å². The largest absolute Gasteiger partial charge is 0.264 e. The molecule has 0 aliphatic heterocycles. The van der Waals surface area contributed by atoms with Gasteiger partial charge in [0.1, 0.15) is 0 Å². The molecular formula is C12H12N4S. The van der Waals surface area contributed by atoms with E-state index in [0.29, 0.717) is 5.13 Å². The first kappa shape index (κ1) is 11.6. The lowest BCUT2D eigenvalue weighted by Gasteiger charge is -2.04. The van der Waals surface area contributed by atoms with E-state index >= 15 is 0 Å². The first-order valence-corrected chi connectivity index (χ1v) is 5.98. The van der Waals surface area contributed by atoms with Crippen molar-refractivity contribution >= 4 is 34.6 Å². The van der Waals surface area contributed by atoms with Crippen LogP contribution in [-0.4, -0.2) is 11.7 Å². The van der Waals surface area contributed by atoms with E-state index in [4.69, 9.17) is 0 Å². The quantitative estimate of drug-likeness (QED) is 0.579. The second-order valence-corrected chi connectivity index (χ2v) is 4.47. The zero-order valence-corrected chi connectivity index (χ0v) is 10.5. The van der Waals surface area contributed by atoms with Crippen molar-refractivity contribution in [3.05, 3.63) is 34.8 Å². The van der Waals surface area contributed by atoms with Crippen LogP contribution >= 0.6 is 11.3 Å². The lowest BCUT2D eigenvalue weighted by atomic mass is 10.1. The summed E-state index contributed by atoms with van der Waals surface area (Å²) in [5.74, 6) is 0. The lowest BCUT2D eigenvalue weighted by Crippen LogP contribution is -1.79. The van der Waals surface area contributed by atoms with Gasteiger partial charge in [0.15, 0.2) is 0 Å². The minimum Gasteiger partial charge on any atom is -0.264 e. The molecule has 2 aromatic rings. The van der Waals surface area contributed by atoms with Crippen LogP contribution in [0.5, 0.6) is 0 Å². The van der Waals surface area contributed by atoms with Crippen molar-refractivity contribution in [1.29, 1.82) is 0 Å². The summed E-state index contributed by atoms with van der Waals surface area (Å²) in [6.45, 7) is 7.49. The molecule has 1 aromatic carbocycles. The molecule has 0 spiro atoms. The number of hydrogen-bond donors (Lipinski definition) is 0. The number of rotatable bonds is 3. The van der Waals surface area contributed by atoms with Crippen LogP contribution in [0.15, 0.2) is 38.9 Å². The first-order chi connectivity index (χ1) is 8.20. The van der Waals surface area contributed by atoms with Gasteiger partial charge in [-0.25, -0.2) is 4.98 Å². The molecule has 0 radical (unpaired) electrons. The third kappa shape index (κ3) is 2.62. The molecule has 2 rings (SSSR count). The molecule has 0 aliphatic rings. The first-order valence-electron chi connectivity index (χ1n) is 5.10. The number of benzene rings is 1. The van der Waals surface area contributed by atoms with Gasteiger partial charge in [0.2, 0.25) is 5.13 Å². The highest BCUT2D eigenvalue weighted by Crippen LogP contribution is 2.29. The molecule has 0 aliphatic carbocycles. The summed E-state index contributed by atoms with van der Waals surface area (Å²) in [4.78, 5) is 8.00. The van der Waals surface area contributed by atoms with Crippen LogP contribution in [-0.2, 0) is 0 Å². The topological polar surface area (TPSA) is 50.0 Å². The molecule has 86 valence electrons. The van der Waals surface area contributed by atoms with Gasteiger partial charge in [-0.1, -0.05) is 0 Å². The van der Waals surface area contributed by atoms with Gasteiger partial charge in [-0.05, 0) is 43.8 Å². The fourth-order valence-corrected chi connectivity index (χ4v) is 1.88. The maximum absolute atomic E-state index is 4.20. The van der Waals surface area contributed by atoms with Crippen LogP contribution in [0.3, 0.4) is 0 Å². The molecule has 5 heteroatoms. The minimum atomic E-state index is 0.660. The monoisotopic (exact) mass is 244 g/mol. The summed E-state index contributed by atoms with van der Waals surface area (Å²) < 4.78 is 0. The van der Waals surface area contributed by atoms with E-state index in [1.165, 1.54) is 11.3 Å². The summed E-state index contributed by atoms with van der Waals surface area (Å²) in [5.41, 5.74) is 3.79. The summed E-state index contributed by atoms with van der Waals surface area (Å²) in [6, 6.07) is 3.91. The minimum absolute atomic E-state index is 0.660. The van der Waals surface area contributed by atoms with Crippen molar-refractivity contribution < 1.29 is 0 Å². The van der Waals surface area contributed by atoms with E-state index in [1.54, 1.807) is 6.20 Å². The maximum atomic E-state index is 4.20. The average Bonchev–Trinajstić information content (AvgIpc) is 2.82. The van der Waals surface area contributed by atoms with Crippen molar-refractivity contribution in [2.75, 3.05) is 0 Å². The van der Waals surface area contributed by atoms with Gasteiger partial charge in [-0.3, -0.25) is 4.99 Å². The van der Waals surface area contributed by atoms with Gasteiger partial charge in [-0.2, -0.15) is 0 Å². The molecular weight excluding hydrogens is 232 g/mol. The number of aromatic nitrogens is 1.